The lowest BCUT2D eigenvalue weighted by Gasteiger charge is -2.25. The van der Waals surface area contributed by atoms with E-state index in [9.17, 15) is 9.59 Å². The summed E-state index contributed by atoms with van der Waals surface area (Å²) in [4.78, 5) is 28.6. The van der Waals surface area contributed by atoms with Crippen LogP contribution in [0.1, 0.15) is 50.7 Å². The first kappa shape index (κ1) is 27.2. The molecule has 2 heterocycles. The molecule has 0 bridgehead atoms. The predicted molar refractivity (Wildman–Crippen MR) is 150 cm³/mol. The van der Waals surface area contributed by atoms with Gasteiger partial charge in [0.15, 0.2) is 0 Å². The molecular weight excluding hydrogens is 476 g/mol. The molecule has 0 aliphatic carbocycles. The van der Waals surface area contributed by atoms with E-state index in [2.05, 4.69) is 60.0 Å². The molecule has 0 unspecified atom stereocenters. The first-order valence-electron chi connectivity index (χ1n) is 13.4. The third-order valence-electron chi connectivity index (χ3n) is 6.50. The van der Waals surface area contributed by atoms with Gasteiger partial charge in [-0.15, -0.1) is 0 Å². The standard InChI is InChI=1S/C32H36N2O4/c1-3-5-21-37-31(35)26-13-17-33(18-14-26)23-28-11-7-9-25-10-8-12-29(30(25)28)24-34-19-15-27(16-20-34)32(36)38-22-6-4-2/h7-20H,3-6,21-24H2,1-2H3. The van der Waals surface area contributed by atoms with Gasteiger partial charge in [0.25, 0.3) is 0 Å². The average molecular weight is 513 g/mol. The fraction of sp³-hybridized carbons (Fsp3) is 0.312. The van der Waals surface area contributed by atoms with Crippen LogP contribution in [0.2, 0.25) is 0 Å². The largest absolute Gasteiger partial charge is 0.462 e. The Morgan fingerprint density at radius 3 is 1.58 bits per heavy atom. The van der Waals surface area contributed by atoms with Gasteiger partial charge < -0.3 is 19.3 Å². The topological polar surface area (TPSA) is 59.1 Å². The number of unbranched alkanes of at least 4 members (excludes halogenated alkanes) is 2. The van der Waals surface area contributed by atoms with E-state index >= 15 is 0 Å². The fourth-order valence-electron chi connectivity index (χ4n) is 4.34. The Hall–Kier alpha value is -3.80. The number of benzene rings is 2. The van der Waals surface area contributed by atoms with Gasteiger partial charge in [-0.25, -0.2) is 9.59 Å². The average Bonchev–Trinajstić information content (AvgIpc) is 2.94. The number of hydrogen-bond acceptors (Lipinski definition) is 6. The van der Waals surface area contributed by atoms with E-state index in [0.29, 0.717) is 37.4 Å². The summed E-state index contributed by atoms with van der Waals surface area (Å²) >= 11 is 0. The Morgan fingerprint density at radius 1 is 0.711 bits per heavy atom. The van der Waals surface area contributed by atoms with Crippen LogP contribution in [0.5, 0.6) is 0 Å². The first-order chi connectivity index (χ1) is 18.6. The van der Waals surface area contributed by atoms with Crippen LogP contribution in [-0.4, -0.2) is 35.0 Å². The van der Waals surface area contributed by atoms with E-state index in [1.807, 2.05) is 49.8 Å². The van der Waals surface area contributed by atoms with Gasteiger partial charge in [-0.2, -0.15) is 0 Å². The molecule has 0 N–H and O–H groups in total. The molecular formula is C32H36N2O4. The molecule has 0 amide bonds. The molecule has 0 saturated heterocycles. The zero-order valence-corrected chi connectivity index (χ0v) is 22.3. The van der Waals surface area contributed by atoms with E-state index in [1.165, 1.54) is 21.9 Å². The van der Waals surface area contributed by atoms with Gasteiger partial charge >= 0.3 is 11.9 Å². The lowest BCUT2D eigenvalue weighted by molar-refractivity contribution is -0.139. The fourth-order valence-corrected chi connectivity index (χ4v) is 4.34. The van der Waals surface area contributed by atoms with E-state index in [-0.39, 0.29) is 11.9 Å². The monoisotopic (exact) mass is 512 g/mol. The van der Waals surface area contributed by atoms with Crippen LogP contribution in [0, 0.1) is 13.1 Å². The van der Waals surface area contributed by atoms with E-state index in [4.69, 9.17) is 9.47 Å². The van der Waals surface area contributed by atoms with Crippen molar-refractivity contribution in [1.82, 2.24) is 9.80 Å². The van der Waals surface area contributed by atoms with Crippen molar-refractivity contribution in [2.75, 3.05) is 13.2 Å². The van der Waals surface area contributed by atoms with Crippen molar-refractivity contribution in [2.24, 2.45) is 0 Å². The maximum absolute atomic E-state index is 12.2. The molecule has 0 fully saturated rings. The molecule has 6 heteroatoms. The summed E-state index contributed by atoms with van der Waals surface area (Å²) in [7, 11) is 0. The highest BCUT2D eigenvalue weighted by Crippen LogP contribution is 2.28. The molecule has 0 spiro atoms. The summed E-state index contributed by atoms with van der Waals surface area (Å²) in [6.45, 7) is 10.2. The smallest absolute Gasteiger partial charge is 0.337 e. The molecule has 6 nitrogen and oxygen atoms in total. The molecule has 4 rings (SSSR count). The summed E-state index contributed by atoms with van der Waals surface area (Å²) in [6, 6.07) is 12.7. The summed E-state index contributed by atoms with van der Waals surface area (Å²) in [5.74, 6) is -0.564. The molecule has 2 aliphatic rings. The lowest BCUT2D eigenvalue weighted by Crippen LogP contribution is -2.19. The number of fused-ring (bicyclic) bond motifs is 1. The highest BCUT2D eigenvalue weighted by Gasteiger charge is 2.17. The number of esters is 2. The summed E-state index contributed by atoms with van der Waals surface area (Å²) in [6.07, 6.45) is 14.8. The maximum atomic E-state index is 12.2. The van der Waals surface area contributed by atoms with Crippen LogP contribution in [0.15, 0.2) is 84.2 Å². The Morgan fingerprint density at radius 2 is 1.18 bits per heavy atom. The van der Waals surface area contributed by atoms with E-state index < -0.39 is 0 Å². The number of ether oxygens (including phenoxy) is 2. The van der Waals surface area contributed by atoms with Gasteiger partial charge in [0.05, 0.1) is 37.4 Å². The van der Waals surface area contributed by atoms with Crippen LogP contribution in [0.4, 0.5) is 0 Å². The normalized spacial score (nSPS) is 14.9. The molecule has 0 saturated carbocycles. The van der Waals surface area contributed by atoms with Crippen LogP contribution in [0.25, 0.3) is 10.8 Å². The number of carbonyl (C=O) groups is 2. The van der Waals surface area contributed by atoms with Gasteiger partial charge in [-0.1, -0.05) is 63.1 Å². The Balaban J connectivity index is 1.41. The van der Waals surface area contributed by atoms with Crippen LogP contribution < -0.4 is 0 Å². The molecule has 38 heavy (non-hydrogen) atoms. The van der Waals surface area contributed by atoms with Gasteiger partial charge in [-0.05, 0) is 59.0 Å². The van der Waals surface area contributed by atoms with E-state index in [0.717, 1.165) is 25.7 Å². The summed E-state index contributed by atoms with van der Waals surface area (Å²) < 4.78 is 10.6. The molecule has 2 aromatic rings. The quantitative estimate of drug-likeness (QED) is 0.244. The maximum Gasteiger partial charge on any atom is 0.337 e. The Labute approximate surface area is 225 Å². The van der Waals surface area contributed by atoms with Crippen LogP contribution in [-0.2, 0) is 32.2 Å². The number of hydrogen-bond donors (Lipinski definition) is 0. The zero-order valence-electron chi connectivity index (χ0n) is 22.3. The van der Waals surface area contributed by atoms with Crippen molar-refractivity contribution >= 4 is 22.7 Å². The number of rotatable bonds is 12. The third-order valence-corrected chi connectivity index (χ3v) is 6.50. The van der Waals surface area contributed by atoms with Gasteiger partial charge in [0, 0.05) is 25.5 Å². The third kappa shape index (κ3) is 7.15. The van der Waals surface area contributed by atoms with Crippen molar-refractivity contribution in [2.45, 2.75) is 52.6 Å². The minimum Gasteiger partial charge on any atom is -0.462 e. The highest BCUT2D eigenvalue weighted by molar-refractivity contribution is 5.93. The molecule has 198 valence electrons. The Kier molecular flexibility index (Phi) is 9.79. The summed E-state index contributed by atoms with van der Waals surface area (Å²) in [5.41, 5.74) is 3.51. The zero-order chi connectivity index (χ0) is 26.7. The van der Waals surface area contributed by atoms with Crippen molar-refractivity contribution in [3.05, 3.63) is 108 Å². The second-order valence-electron chi connectivity index (χ2n) is 9.43. The molecule has 2 aromatic carbocycles. The minimum absolute atomic E-state index is 0.282. The first-order valence-corrected chi connectivity index (χ1v) is 13.4. The van der Waals surface area contributed by atoms with Crippen molar-refractivity contribution in [3.8, 4) is 0 Å². The Bertz CT molecular complexity index is 1160. The second-order valence-corrected chi connectivity index (χ2v) is 9.43. The van der Waals surface area contributed by atoms with Crippen LogP contribution >= 0.6 is 0 Å². The van der Waals surface area contributed by atoms with Gasteiger partial charge in [0.2, 0.25) is 0 Å². The minimum atomic E-state index is -0.282. The number of nitrogens with zero attached hydrogens (tertiary/aromatic N) is 2. The van der Waals surface area contributed by atoms with Crippen molar-refractivity contribution < 1.29 is 19.1 Å². The SMILES string of the molecule is CCCCOC(=O)C1=C[CH]N(Cc2cccc3cccc(CN4[CH]C=C(C(=O)OCCCC)C=C4)c23)C=C1. The van der Waals surface area contributed by atoms with Gasteiger partial charge in [-0.3, -0.25) is 0 Å². The molecule has 2 radical (unpaired) electrons. The van der Waals surface area contributed by atoms with Gasteiger partial charge in [0.1, 0.15) is 0 Å². The summed E-state index contributed by atoms with van der Waals surface area (Å²) in [5, 5.41) is 2.38. The van der Waals surface area contributed by atoms with Crippen molar-refractivity contribution in [3.63, 3.8) is 0 Å². The highest BCUT2D eigenvalue weighted by atomic mass is 16.5. The second kappa shape index (κ2) is 13.7. The molecule has 0 atom stereocenters. The molecule has 2 aliphatic heterocycles. The number of carbonyl (C=O) groups excluding carboxylic acids is 2. The van der Waals surface area contributed by atoms with E-state index in [1.54, 1.807) is 0 Å². The van der Waals surface area contributed by atoms with Crippen LogP contribution in [0.3, 0.4) is 0 Å². The predicted octanol–water partition coefficient (Wildman–Crippen LogP) is 6.36. The lowest BCUT2D eigenvalue weighted by atomic mass is 9.98. The van der Waals surface area contributed by atoms with Crippen molar-refractivity contribution in [1.29, 1.82) is 0 Å². The molecule has 0 aromatic heterocycles.